The Labute approximate surface area is 97.0 Å². The molecule has 1 saturated heterocycles. The van der Waals surface area contributed by atoms with E-state index in [0.717, 1.165) is 23.9 Å². The molecule has 0 aromatic carbocycles. The van der Waals surface area contributed by atoms with Gasteiger partial charge >= 0.3 is 5.97 Å². The van der Waals surface area contributed by atoms with Crippen LogP contribution in [0.3, 0.4) is 0 Å². The SMILES string of the molecule is CC(=O)OC1CCC[N+](C)(C)C1.[I-]. The summed E-state index contributed by atoms with van der Waals surface area (Å²) in [5.74, 6) is -0.151. The highest BCUT2D eigenvalue weighted by Gasteiger charge is 2.28. The highest BCUT2D eigenvalue weighted by Crippen LogP contribution is 2.16. The molecule has 0 aromatic rings. The van der Waals surface area contributed by atoms with Gasteiger partial charge in [0.25, 0.3) is 0 Å². The summed E-state index contributed by atoms with van der Waals surface area (Å²) in [6, 6.07) is 0. The molecule has 0 radical (unpaired) electrons. The van der Waals surface area contributed by atoms with E-state index in [1.807, 2.05) is 0 Å². The van der Waals surface area contributed by atoms with Crippen LogP contribution < -0.4 is 24.0 Å². The Morgan fingerprint density at radius 1 is 1.46 bits per heavy atom. The van der Waals surface area contributed by atoms with Crippen LogP contribution in [0.1, 0.15) is 19.8 Å². The van der Waals surface area contributed by atoms with E-state index in [0.29, 0.717) is 0 Å². The maximum Gasteiger partial charge on any atom is 0.303 e. The summed E-state index contributed by atoms with van der Waals surface area (Å²) in [6.07, 6.45) is 2.33. The Morgan fingerprint density at radius 2 is 2.08 bits per heavy atom. The highest BCUT2D eigenvalue weighted by molar-refractivity contribution is 5.66. The minimum absolute atomic E-state index is 0. The van der Waals surface area contributed by atoms with Crippen LogP contribution in [-0.2, 0) is 9.53 Å². The number of likely N-dealkylation sites (N-methyl/N-ethyl adjacent to an activating group) is 1. The van der Waals surface area contributed by atoms with Gasteiger partial charge < -0.3 is 33.2 Å². The highest BCUT2D eigenvalue weighted by atomic mass is 127. The van der Waals surface area contributed by atoms with Gasteiger partial charge in [-0.15, -0.1) is 0 Å². The Balaban J connectivity index is 0.00000144. The molecule has 0 amide bonds. The van der Waals surface area contributed by atoms with Gasteiger partial charge in [0.15, 0.2) is 6.10 Å². The van der Waals surface area contributed by atoms with Crippen LogP contribution in [0.4, 0.5) is 0 Å². The predicted molar refractivity (Wildman–Crippen MR) is 46.6 cm³/mol. The molecule has 1 unspecified atom stereocenters. The third-order valence-corrected chi connectivity index (χ3v) is 2.32. The smallest absolute Gasteiger partial charge is 0.303 e. The van der Waals surface area contributed by atoms with Crippen molar-refractivity contribution in [1.82, 2.24) is 0 Å². The van der Waals surface area contributed by atoms with E-state index >= 15 is 0 Å². The molecular weight excluding hydrogens is 281 g/mol. The van der Waals surface area contributed by atoms with Crippen LogP contribution in [0.15, 0.2) is 0 Å². The molecule has 1 atom stereocenters. The van der Waals surface area contributed by atoms with Crippen molar-refractivity contribution >= 4 is 5.97 Å². The monoisotopic (exact) mass is 299 g/mol. The normalized spacial score (nSPS) is 25.9. The fourth-order valence-electron chi connectivity index (χ4n) is 1.81. The predicted octanol–water partition coefficient (Wildman–Crippen LogP) is -2.21. The summed E-state index contributed by atoms with van der Waals surface area (Å²) in [5, 5.41) is 0. The third kappa shape index (κ3) is 4.81. The standard InChI is InChI=1S/C9H18NO2.HI/c1-8(11)12-9-5-4-6-10(2,3)7-9;/h9H,4-7H2,1-3H3;1H/q+1;/p-1. The molecule has 0 N–H and O–H groups in total. The molecule has 78 valence electrons. The third-order valence-electron chi connectivity index (χ3n) is 2.32. The van der Waals surface area contributed by atoms with Crippen LogP contribution in [0, 0.1) is 0 Å². The van der Waals surface area contributed by atoms with Gasteiger partial charge in [0.2, 0.25) is 0 Å². The van der Waals surface area contributed by atoms with Crippen molar-refractivity contribution < 1.29 is 38.0 Å². The first-order valence-corrected chi connectivity index (χ1v) is 4.49. The number of hydrogen-bond acceptors (Lipinski definition) is 2. The molecule has 0 saturated carbocycles. The molecule has 0 aliphatic carbocycles. The van der Waals surface area contributed by atoms with Gasteiger partial charge in [0.05, 0.1) is 20.6 Å². The molecule has 1 aliphatic heterocycles. The first-order chi connectivity index (χ1) is 5.49. The molecule has 0 aromatic heterocycles. The number of quaternary nitrogens is 1. The van der Waals surface area contributed by atoms with Gasteiger partial charge in [-0.1, -0.05) is 0 Å². The summed E-state index contributed by atoms with van der Waals surface area (Å²) in [4.78, 5) is 10.7. The van der Waals surface area contributed by atoms with E-state index in [2.05, 4.69) is 14.1 Å². The van der Waals surface area contributed by atoms with Crippen LogP contribution in [0.5, 0.6) is 0 Å². The molecule has 0 bridgehead atoms. The maximum absolute atomic E-state index is 10.7. The Bertz CT molecular complexity index is 182. The molecule has 1 aliphatic rings. The lowest BCUT2D eigenvalue weighted by Crippen LogP contribution is -3.00. The number of nitrogens with zero attached hydrogens (tertiary/aromatic N) is 1. The van der Waals surface area contributed by atoms with Crippen molar-refractivity contribution in [2.24, 2.45) is 0 Å². The summed E-state index contributed by atoms with van der Waals surface area (Å²) in [6.45, 7) is 3.63. The second-order valence-electron chi connectivity index (χ2n) is 4.22. The molecule has 1 rings (SSSR count). The van der Waals surface area contributed by atoms with Gasteiger partial charge in [-0.3, -0.25) is 4.79 Å². The minimum atomic E-state index is -0.151. The average Bonchev–Trinajstić information content (AvgIpc) is 1.82. The number of carbonyl (C=O) groups excluding carboxylic acids is 1. The lowest BCUT2D eigenvalue weighted by Gasteiger charge is -2.37. The first kappa shape index (κ1) is 13.2. The van der Waals surface area contributed by atoms with E-state index in [9.17, 15) is 4.79 Å². The number of esters is 1. The zero-order valence-corrected chi connectivity index (χ0v) is 10.7. The van der Waals surface area contributed by atoms with Crippen LogP contribution in [0.25, 0.3) is 0 Å². The van der Waals surface area contributed by atoms with Crippen molar-refractivity contribution in [1.29, 1.82) is 0 Å². The van der Waals surface area contributed by atoms with Crippen molar-refractivity contribution in [3.8, 4) is 0 Å². The quantitative estimate of drug-likeness (QED) is 0.312. The van der Waals surface area contributed by atoms with Crippen molar-refractivity contribution in [3.05, 3.63) is 0 Å². The Hall–Kier alpha value is 0.160. The molecule has 1 heterocycles. The van der Waals surface area contributed by atoms with Gasteiger partial charge in [-0.25, -0.2) is 0 Å². The van der Waals surface area contributed by atoms with Gasteiger partial charge in [0.1, 0.15) is 6.54 Å². The Morgan fingerprint density at radius 3 is 2.54 bits per heavy atom. The van der Waals surface area contributed by atoms with E-state index in [-0.39, 0.29) is 36.0 Å². The topological polar surface area (TPSA) is 26.3 Å². The van der Waals surface area contributed by atoms with Gasteiger partial charge in [-0.05, 0) is 6.42 Å². The largest absolute Gasteiger partial charge is 1.00 e. The number of halogens is 1. The van der Waals surface area contributed by atoms with E-state index in [1.54, 1.807) is 0 Å². The lowest BCUT2D eigenvalue weighted by atomic mass is 10.1. The fourth-order valence-corrected chi connectivity index (χ4v) is 1.81. The van der Waals surface area contributed by atoms with Crippen LogP contribution >= 0.6 is 0 Å². The zero-order chi connectivity index (χ0) is 9.19. The lowest BCUT2D eigenvalue weighted by molar-refractivity contribution is -0.898. The molecule has 4 heteroatoms. The number of hydrogen-bond donors (Lipinski definition) is 0. The molecular formula is C9H18INO2. The summed E-state index contributed by atoms with van der Waals surface area (Å²) >= 11 is 0. The van der Waals surface area contributed by atoms with Gasteiger partial charge in [-0.2, -0.15) is 0 Å². The molecule has 1 fully saturated rings. The zero-order valence-electron chi connectivity index (χ0n) is 8.55. The van der Waals surface area contributed by atoms with Crippen molar-refractivity contribution in [3.63, 3.8) is 0 Å². The van der Waals surface area contributed by atoms with E-state index in [4.69, 9.17) is 4.74 Å². The van der Waals surface area contributed by atoms with E-state index < -0.39 is 0 Å². The minimum Gasteiger partial charge on any atom is -1.00 e. The van der Waals surface area contributed by atoms with Crippen LogP contribution in [-0.4, -0.2) is 43.7 Å². The average molecular weight is 299 g/mol. The maximum atomic E-state index is 10.7. The number of rotatable bonds is 1. The van der Waals surface area contributed by atoms with Gasteiger partial charge in [0, 0.05) is 13.3 Å². The van der Waals surface area contributed by atoms with Crippen LogP contribution in [0.2, 0.25) is 0 Å². The summed E-state index contributed by atoms with van der Waals surface area (Å²) < 4.78 is 6.14. The number of carbonyl (C=O) groups is 1. The first-order valence-electron chi connectivity index (χ1n) is 4.49. The van der Waals surface area contributed by atoms with Crippen molar-refractivity contribution in [2.75, 3.05) is 27.2 Å². The number of piperidine rings is 1. The second kappa shape index (κ2) is 5.14. The molecule has 13 heavy (non-hydrogen) atoms. The van der Waals surface area contributed by atoms with E-state index in [1.165, 1.54) is 13.5 Å². The molecule has 0 spiro atoms. The Kier molecular flexibility index (Phi) is 5.21. The summed E-state index contributed by atoms with van der Waals surface area (Å²) in [7, 11) is 4.35. The number of likely N-dealkylation sites (tertiary alicyclic amines) is 1. The molecule has 3 nitrogen and oxygen atoms in total. The number of ether oxygens (including phenoxy) is 1. The van der Waals surface area contributed by atoms with Crippen molar-refractivity contribution in [2.45, 2.75) is 25.9 Å². The summed E-state index contributed by atoms with van der Waals surface area (Å²) in [5.41, 5.74) is 0. The second-order valence-corrected chi connectivity index (χ2v) is 4.22. The fraction of sp³-hybridized carbons (Fsp3) is 0.889.